The lowest BCUT2D eigenvalue weighted by Crippen LogP contribution is -2.04. The molecule has 0 radical (unpaired) electrons. The second-order valence-electron chi connectivity index (χ2n) is 6.18. The molecule has 7 heteroatoms. The Kier molecular flexibility index (Phi) is 4.33. The van der Waals surface area contributed by atoms with Crippen LogP contribution in [0, 0.1) is 19.7 Å². The molecule has 4 aromatic rings. The zero-order valence-corrected chi connectivity index (χ0v) is 14.9. The van der Waals surface area contributed by atoms with E-state index in [-0.39, 0.29) is 5.82 Å². The molecule has 2 N–H and O–H groups in total. The van der Waals surface area contributed by atoms with E-state index in [9.17, 15) is 4.39 Å². The number of rotatable bonds is 4. The van der Waals surface area contributed by atoms with Gasteiger partial charge < -0.3 is 10.6 Å². The van der Waals surface area contributed by atoms with E-state index in [1.54, 1.807) is 24.5 Å². The van der Waals surface area contributed by atoms with E-state index in [4.69, 9.17) is 0 Å². The second-order valence-corrected chi connectivity index (χ2v) is 6.18. The molecular formula is C20H17FN6. The Labute approximate surface area is 155 Å². The van der Waals surface area contributed by atoms with Crippen LogP contribution in [0.4, 0.5) is 27.5 Å². The van der Waals surface area contributed by atoms with Crippen LogP contribution < -0.4 is 10.6 Å². The summed E-state index contributed by atoms with van der Waals surface area (Å²) in [7, 11) is 0. The van der Waals surface area contributed by atoms with Gasteiger partial charge in [-0.05, 0) is 61.4 Å². The Balaban J connectivity index is 1.73. The molecule has 0 aliphatic rings. The van der Waals surface area contributed by atoms with Gasteiger partial charge in [-0.1, -0.05) is 6.07 Å². The zero-order chi connectivity index (χ0) is 18.8. The topological polar surface area (TPSA) is 75.6 Å². The third-order valence-electron chi connectivity index (χ3n) is 4.20. The highest BCUT2D eigenvalue weighted by Crippen LogP contribution is 2.24. The first-order valence-electron chi connectivity index (χ1n) is 8.44. The van der Waals surface area contributed by atoms with Crippen molar-refractivity contribution in [1.29, 1.82) is 0 Å². The molecule has 0 atom stereocenters. The molecule has 0 aliphatic carbocycles. The van der Waals surface area contributed by atoms with Crippen LogP contribution in [-0.4, -0.2) is 19.9 Å². The molecular weight excluding hydrogens is 343 g/mol. The number of nitrogens with one attached hydrogen (secondary N) is 2. The lowest BCUT2D eigenvalue weighted by Gasteiger charge is -2.11. The summed E-state index contributed by atoms with van der Waals surface area (Å²) >= 11 is 0. The maximum Gasteiger partial charge on any atom is 0.231 e. The van der Waals surface area contributed by atoms with Gasteiger partial charge in [0.1, 0.15) is 5.82 Å². The standard InChI is InChI=1S/C20H17FN6/c1-12-3-6-16(11-13(12)2)25-20-26-18-17(22-9-10-23-18)19(27-20)24-15-7-4-14(21)5-8-15/h3-11H,1-2H3,(H2,23,24,25,26,27). The molecule has 2 heterocycles. The third kappa shape index (κ3) is 3.67. The molecule has 0 spiro atoms. The van der Waals surface area contributed by atoms with E-state index in [1.807, 2.05) is 18.2 Å². The van der Waals surface area contributed by atoms with Crippen molar-refractivity contribution in [3.63, 3.8) is 0 Å². The van der Waals surface area contributed by atoms with Gasteiger partial charge in [-0.25, -0.2) is 14.4 Å². The van der Waals surface area contributed by atoms with Gasteiger partial charge in [0.25, 0.3) is 0 Å². The van der Waals surface area contributed by atoms with E-state index < -0.39 is 0 Å². The Morgan fingerprint density at radius 1 is 0.778 bits per heavy atom. The van der Waals surface area contributed by atoms with Crippen LogP contribution in [0.25, 0.3) is 11.2 Å². The van der Waals surface area contributed by atoms with E-state index in [0.717, 1.165) is 5.69 Å². The summed E-state index contributed by atoms with van der Waals surface area (Å²) in [5.41, 5.74) is 4.96. The molecule has 0 bridgehead atoms. The second kappa shape index (κ2) is 6.95. The average Bonchev–Trinajstić information content (AvgIpc) is 2.67. The van der Waals surface area contributed by atoms with E-state index in [2.05, 4.69) is 44.4 Å². The van der Waals surface area contributed by atoms with E-state index in [1.165, 1.54) is 23.3 Å². The molecule has 2 aromatic carbocycles. The van der Waals surface area contributed by atoms with Crippen LogP contribution in [0.2, 0.25) is 0 Å². The van der Waals surface area contributed by atoms with Crippen LogP contribution >= 0.6 is 0 Å². The maximum absolute atomic E-state index is 13.2. The molecule has 6 nitrogen and oxygen atoms in total. The zero-order valence-electron chi connectivity index (χ0n) is 14.9. The first kappa shape index (κ1) is 16.8. The summed E-state index contributed by atoms with van der Waals surface area (Å²) in [5, 5.41) is 6.37. The Morgan fingerprint density at radius 2 is 1.52 bits per heavy atom. The minimum Gasteiger partial charge on any atom is -0.338 e. The van der Waals surface area contributed by atoms with Crippen molar-refractivity contribution < 1.29 is 4.39 Å². The van der Waals surface area contributed by atoms with E-state index >= 15 is 0 Å². The molecule has 0 amide bonds. The van der Waals surface area contributed by atoms with Crippen molar-refractivity contribution in [3.05, 3.63) is 71.8 Å². The number of hydrogen-bond donors (Lipinski definition) is 2. The highest BCUT2D eigenvalue weighted by molar-refractivity contribution is 5.85. The lowest BCUT2D eigenvalue weighted by molar-refractivity contribution is 0.628. The molecule has 0 saturated heterocycles. The number of anilines is 4. The van der Waals surface area contributed by atoms with Crippen molar-refractivity contribution in [2.75, 3.05) is 10.6 Å². The van der Waals surface area contributed by atoms with Crippen LogP contribution in [-0.2, 0) is 0 Å². The fourth-order valence-corrected chi connectivity index (χ4v) is 2.62. The van der Waals surface area contributed by atoms with Crippen molar-refractivity contribution in [1.82, 2.24) is 19.9 Å². The van der Waals surface area contributed by atoms with Gasteiger partial charge in [-0.15, -0.1) is 0 Å². The van der Waals surface area contributed by atoms with Gasteiger partial charge in [-0.3, -0.25) is 0 Å². The highest BCUT2D eigenvalue weighted by Gasteiger charge is 2.11. The van der Waals surface area contributed by atoms with Crippen LogP contribution in [0.5, 0.6) is 0 Å². The Hall–Kier alpha value is -3.61. The molecule has 4 rings (SSSR count). The molecule has 0 unspecified atom stereocenters. The molecule has 0 fully saturated rings. The fourth-order valence-electron chi connectivity index (χ4n) is 2.62. The molecule has 27 heavy (non-hydrogen) atoms. The summed E-state index contributed by atoms with van der Waals surface area (Å²) in [6, 6.07) is 12.1. The minimum absolute atomic E-state index is 0.301. The van der Waals surface area contributed by atoms with Gasteiger partial charge in [0.05, 0.1) is 0 Å². The van der Waals surface area contributed by atoms with E-state index in [0.29, 0.717) is 28.6 Å². The normalized spacial score (nSPS) is 10.8. The summed E-state index contributed by atoms with van der Waals surface area (Å²) in [6.07, 6.45) is 3.16. The van der Waals surface area contributed by atoms with Crippen molar-refractivity contribution >= 4 is 34.3 Å². The van der Waals surface area contributed by atoms with Gasteiger partial charge >= 0.3 is 0 Å². The number of nitrogens with zero attached hydrogens (tertiary/aromatic N) is 4. The number of aryl methyl sites for hydroxylation is 2. The third-order valence-corrected chi connectivity index (χ3v) is 4.20. The SMILES string of the molecule is Cc1ccc(Nc2nc(Nc3ccc(F)cc3)c3nccnc3n2)cc1C. The number of aromatic nitrogens is 4. The first-order valence-corrected chi connectivity index (χ1v) is 8.44. The predicted octanol–water partition coefficient (Wildman–Crippen LogP) is 4.66. The average molecular weight is 360 g/mol. The lowest BCUT2D eigenvalue weighted by atomic mass is 10.1. The predicted molar refractivity (Wildman–Crippen MR) is 104 cm³/mol. The number of fused-ring (bicyclic) bond motifs is 1. The molecule has 134 valence electrons. The Bertz CT molecular complexity index is 1110. The minimum atomic E-state index is -0.301. The summed E-state index contributed by atoms with van der Waals surface area (Å²) in [5.74, 6) is 0.590. The Morgan fingerprint density at radius 3 is 2.30 bits per heavy atom. The van der Waals surface area contributed by atoms with Crippen LogP contribution in [0.15, 0.2) is 54.9 Å². The highest BCUT2D eigenvalue weighted by atomic mass is 19.1. The van der Waals surface area contributed by atoms with Gasteiger partial charge in [0.15, 0.2) is 17.0 Å². The van der Waals surface area contributed by atoms with Crippen molar-refractivity contribution in [2.24, 2.45) is 0 Å². The molecule has 2 aromatic heterocycles. The van der Waals surface area contributed by atoms with Crippen LogP contribution in [0.3, 0.4) is 0 Å². The summed E-state index contributed by atoms with van der Waals surface area (Å²) < 4.78 is 13.2. The molecule has 0 aliphatic heterocycles. The number of hydrogen-bond acceptors (Lipinski definition) is 6. The largest absolute Gasteiger partial charge is 0.338 e. The van der Waals surface area contributed by atoms with Gasteiger partial charge in [-0.2, -0.15) is 9.97 Å². The van der Waals surface area contributed by atoms with Gasteiger partial charge in [0, 0.05) is 23.8 Å². The summed E-state index contributed by atoms with van der Waals surface area (Å²) in [4.78, 5) is 17.6. The smallest absolute Gasteiger partial charge is 0.231 e. The van der Waals surface area contributed by atoms with Crippen molar-refractivity contribution in [3.8, 4) is 0 Å². The first-order chi connectivity index (χ1) is 13.1. The fraction of sp³-hybridized carbons (Fsp3) is 0.100. The van der Waals surface area contributed by atoms with Gasteiger partial charge in [0.2, 0.25) is 5.95 Å². The quantitative estimate of drug-likeness (QED) is 0.551. The van der Waals surface area contributed by atoms with Crippen LogP contribution in [0.1, 0.15) is 11.1 Å². The summed E-state index contributed by atoms with van der Waals surface area (Å²) in [6.45, 7) is 4.11. The molecule has 0 saturated carbocycles. The number of benzene rings is 2. The monoisotopic (exact) mass is 360 g/mol. The van der Waals surface area contributed by atoms with Crippen molar-refractivity contribution in [2.45, 2.75) is 13.8 Å². The number of halogens is 1. The maximum atomic E-state index is 13.2.